The van der Waals surface area contributed by atoms with Crippen LogP contribution in [0.5, 0.6) is 0 Å². The van der Waals surface area contributed by atoms with Gasteiger partial charge >= 0.3 is 0 Å². The van der Waals surface area contributed by atoms with Crippen LogP contribution >= 0.6 is 11.6 Å². The predicted molar refractivity (Wildman–Crippen MR) is 216 cm³/mol. The maximum absolute atomic E-state index is 11.2. The molecule has 0 aromatic carbocycles. The van der Waals surface area contributed by atoms with Gasteiger partial charge in [-0.05, 0) is 66.4 Å². The molecule has 52 heavy (non-hydrogen) atoms. The molecular formula is C42H50ClN7O2. The second-order valence-corrected chi connectivity index (χ2v) is 7.84. The summed E-state index contributed by atoms with van der Waals surface area (Å²) in [5, 5.41) is 17.1. The standard InChI is InChI=1S/C9H7NO.C8H6N2O.C8H4N2.C6H3ClN2.4C2H6.C2H2.CH4/c11-9-5-1-4-8-7(9)3-2-6-10-8;1-2-7-6(8(9)11)4-3-5-10-7;1-2-8-7(6-9)4-3-5-10-8;7-6-5(4-8)2-1-3-9-6;5*1-2;/h1-4,6H,5H2;1,3-5H,(H2,9,11);1,3-5H;1-3H;4*1-2H3;1-2H;1H4. The van der Waals surface area contributed by atoms with Gasteiger partial charge in [-0.3, -0.25) is 14.6 Å². The van der Waals surface area contributed by atoms with Gasteiger partial charge in [0.05, 0.1) is 22.4 Å². The Bertz CT molecular complexity index is 1760. The summed E-state index contributed by atoms with van der Waals surface area (Å²) in [5.74, 6) is 4.19. The first-order chi connectivity index (χ1) is 24.9. The number of carbonyl (C=O) groups is 2. The van der Waals surface area contributed by atoms with Gasteiger partial charge in [0.25, 0.3) is 5.91 Å². The lowest BCUT2D eigenvalue weighted by molar-refractivity contribution is 0.0988. The maximum Gasteiger partial charge on any atom is 0.251 e. The number of nitrogens with zero attached hydrogens (tertiary/aromatic N) is 6. The first kappa shape index (κ1) is 54.9. The summed E-state index contributed by atoms with van der Waals surface area (Å²) >= 11 is 5.49. The van der Waals surface area contributed by atoms with Crippen LogP contribution in [0.4, 0.5) is 0 Å². The fourth-order valence-electron chi connectivity index (χ4n) is 2.97. The van der Waals surface area contributed by atoms with Crippen LogP contribution < -0.4 is 5.73 Å². The normalized spacial score (nSPS) is 8.40. The van der Waals surface area contributed by atoms with E-state index in [1.165, 1.54) is 6.20 Å². The second-order valence-electron chi connectivity index (χ2n) is 7.48. The number of nitrogens with two attached hydrogens (primary N) is 1. The van der Waals surface area contributed by atoms with Gasteiger partial charge in [-0.15, -0.1) is 25.7 Å². The Kier molecular flexibility index (Phi) is 41.0. The molecule has 272 valence electrons. The lowest BCUT2D eigenvalue weighted by Crippen LogP contribution is -2.13. The van der Waals surface area contributed by atoms with Gasteiger partial charge in [0.1, 0.15) is 28.7 Å². The Balaban J connectivity index is -0.000000174. The monoisotopic (exact) mass is 719 g/mol. The first-order valence-electron chi connectivity index (χ1n) is 15.9. The van der Waals surface area contributed by atoms with Crippen molar-refractivity contribution in [1.82, 2.24) is 19.9 Å². The van der Waals surface area contributed by atoms with E-state index in [1.807, 2.05) is 85.7 Å². The number of primary amides is 1. The van der Waals surface area contributed by atoms with Gasteiger partial charge in [-0.2, -0.15) is 10.5 Å². The molecule has 4 aromatic heterocycles. The van der Waals surface area contributed by atoms with E-state index in [9.17, 15) is 9.59 Å². The summed E-state index contributed by atoms with van der Waals surface area (Å²) in [4.78, 5) is 37.2. The van der Waals surface area contributed by atoms with Crippen LogP contribution in [-0.2, 0) is 0 Å². The topological polar surface area (TPSA) is 159 Å². The summed E-state index contributed by atoms with van der Waals surface area (Å²) in [6.45, 7) is 16.0. The minimum Gasteiger partial charge on any atom is -0.366 e. The third kappa shape index (κ3) is 22.1. The number of ketones is 1. The number of Topliss-reactive ketones (excluding diaryl/α,β-unsaturated/α-hetero) is 1. The molecule has 0 unspecified atom stereocenters. The number of aromatic nitrogens is 4. The van der Waals surface area contributed by atoms with Crippen molar-refractivity contribution in [1.29, 1.82) is 10.5 Å². The average molecular weight is 720 g/mol. The van der Waals surface area contributed by atoms with Gasteiger partial charge in [0, 0.05) is 36.8 Å². The van der Waals surface area contributed by atoms with Crippen molar-refractivity contribution in [2.75, 3.05) is 0 Å². The van der Waals surface area contributed by atoms with Crippen LogP contribution in [0.3, 0.4) is 0 Å². The van der Waals surface area contributed by atoms with Crippen molar-refractivity contribution in [3.63, 3.8) is 0 Å². The van der Waals surface area contributed by atoms with Gasteiger partial charge in [0.2, 0.25) is 0 Å². The van der Waals surface area contributed by atoms with E-state index in [1.54, 1.807) is 61.1 Å². The van der Waals surface area contributed by atoms with Crippen LogP contribution in [0, 0.1) is 60.2 Å². The Morgan fingerprint density at radius 1 is 0.731 bits per heavy atom. The Morgan fingerprint density at radius 3 is 1.58 bits per heavy atom. The van der Waals surface area contributed by atoms with Crippen LogP contribution in [0.25, 0.3) is 6.08 Å². The molecule has 4 heterocycles. The van der Waals surface area contributed by atoms with E-state index in [0.717, 1.165) is 11.3 Å². The van der Waals surface area contributed by atoms with Crippen molar-refractivity contribution in [2.45, 2.75) is 69.2 Å². The molecular weight excluding hydrogens is 670 g/mol. The van der Waals surface area contributed by atoms with E-state index < -0.39 is 5.91 Å². The molecule has 0 saturated heterocycles. The Labute approximate surface area is 317 Å². The van der Waals surface area contributed by atoms with Crippen molar-refractivity contribution in [3.8, 4) is 49.7 Å². The molecule has 4 aromatic rings. The van der Waals surface area contributed by atoms with Crippen molar-refractivity contribution >= 4 is 29.4 Å². The molecule has 5 rings (SSSR count). The highest BCUT2D eigenvalue weighted by molar-refractivity contribution is 6.30. The number of amides is 1. The molecule has 9 nitrogen and oxygen atoms in total. The van der Waals surface area contributed by atoms with Gasteiger partial charge < -0.3 is 5.73 Å². The van der Waals surface area contributed by atoms with Crippen molar-refractivity contribution in [3.05, 3.63) is 124 Å². The molecule has 0 saturated carbocycles. The fraction of sp³-hybridized carbons (Fsp3) is 0.238. The minimum absolute atomic E-state index is 0. The zero-order chi connectivity index (χ0) is 40.0. The third-order valence-electron chi connectivity index (χ3n) is 4.87. The quantitative estimate of drug-likeness (QED) is 0.150. The zero-order valence-electron chi connectivity index (χ0n) is 30.6. The van der Waals surface area contributed by atoms with Crippen LogP contribution in [-0.4, -0.2) is 31.6 Å². The molecule has 0 spiro atoms. The number of carbonyl (C=O) groups excluding carboxylic acids is 2. The lowest BCUT2D eigenvalue weighted by Gasteiger charge is -2.05. The summed E-state index contributed by atoms with van der Waals surface area (Å²) in [6, 6.07) is 17.2. The van der Waals surface area contributed by atoms with E-state index in [2.05, 4.69) is 44.6 Å². The number of hydrogen-bond acceptors (Lipinski definition) is 8. The number of rotatable bonds is 1. The third-order valence-corrected chi connectivity index (χ3v) is 5.17. The zero-order valence-corrected chi connectivity index (χ0v) is 31.3. The Hall–Kier alpha value is -6.57. The Morgan fingerprint density at radius 2 is 1.17 bits per heavy atom. The second kappa shape index (κ2) is 38.9. The first-order valence-corrected chi connectivity index (χ1v) is 16.3. The van der Waals surface area contributed by atoms with Gasteiger partial charge in [0.15, 0.2) is 5.78 Å². The molecule has 0 fully saturated rings. The molecule has 2 N–H and O–H groups in total. The minimum atomic E-state index is -0.550. The summed E-state index contributed by atoms with van der Waals surface area (Å²) in [6.07, 6.45) is 28.7. The molecule has 1 aliphatic carbocycles. The van der Waals surface area contributed by atoms with Gasteiger partial charge in [-0.1, -0.05) is 80.5 Å². The molecule has 0 bridgehead atoms. The van der Waals surface area contributed by atoms with E-state index in [0.29, 0.717) is 28.9 Å². The number of pyridine rings is 4. The number of allylic oxidation sites excluding steroid dienone is 1. The highest BCUT2D eigenvalue weighted by Crippen LogP contribution is 2.15. The van der Waals surface area contributed by atoms with E-state index in [4.69, 9.17) is 40.7 Å². The largest absolute Gasteiger partial charge is 0.366 e. The summed E-state index contributed by atoms with van der Waals surface area (Å²) in [7, 11) is 0. The lowest BCUT2D eigenvalue weighted by atomic mass is 10.0. The summed E-state index contributed by atoms with van der Waals surface area (Å²) in [5.41, 5.74) is 8.41. The maximum atomic E-state index is 11.2. The average Bonchev–Trinajstić information content (AvgIpc) is 3.22. The van der Waals surface area contributed by atoms with Crippen molar-refractivity contribution in [2.24, 2.45) is 5.73 Å². The molecule has 1 aliphatic rings. The van der Waals surface area contributed by atoms with Crippen molar-refractivity contribution < 1.29 is 9.59 Å². The number of terminal acetylenes is 3. The SMILES string of the molecule is C.C#C.C#Cc1ncccc1C#N.C#Cc1ncccc1C(N)=O.CC.CC.CC.CC.N#Cc1cccnc1Cl.O=C1CC=Cc2ncccc21. The van der Waals surface area contributed by atoms with Crippen LogP contribution in [0.15, 0.2) is 79.4 Å². The number of nitriles is 2. The number of fused-ring (bicyclic) bond motifs is 1. The molecule has 0 radical (unpaired) electrons. The van der Waals surface area contributed by atoms with E-state index in [-0.39, 0.29) is 23.9 Å². The van der Waals surface area contributed by atoms with Crippen LogP contribution in [0.2, 0.25) is 5.15 Å². The van der Waals surface area contributed by atoms with E-state index >= 15 is 0 Å². The summed E-state index contributed by atoms with van der Waals surface area (Å²) < 4.78 is 0. The van der Waals surface area contributed by atoms with Gasteiger partial charge in [-0.25, -0.2) is 15.0 Å². The fourth-order valence-corrected chi connectivity index (χ4v) is 3.13. The van der Waals surface area contributed by atoms with Crippen LogP contribution in [0.1, 0.15) is 118 Å². The molecule has 0 aliphatic heterocycles. The highest BCUT2D eigenvalue weighted by Gasteiger charge is 2.12. The molecule has 1 amide bonds. The molecule has 10 heteroatoms. The molecule has 0 atom stereocenters. The smallest absolute Gasteiger partial charge is 0.251 e. The number of halogens is 1. The predicted octanol–water partition coefficient (Wildman–Crippen LogP) is 9.37. The number of hydrogen-bond donors (Lipinski definition) is 1. The highest BCUT2D eigenvalue weighted by atomic mass is 35.5.